The van der Waals surface area contributed by atoms with Gasteiger partial charge in [-0.3, -0.25) is 0 Å². The molecule has 3 fully saturated rings. The summed E-state index contributed by atoms with van der Waals surface area (Å²) in [5.41, 5.74) is 14.8. The summed E-state index contributed by atoms with van der Waals surface area (Å²) in [7, 11) is 0. The van der Waals surface area contributed by atoms with E-state index in [0.717, 1.165) is 17.8 Å². The minimum atomic E-state index is -0.141. The van der Waals surface area contributed by atoms with E-state index >= 15 is 0 Å². The number of anilines is 3. The normalized spacial score (nSPS) is 21.2. The molecule has 2 bridgehead atoms. The highest BCUT2D eigenvalue weighted by Gasteiger charge is 2.40. The van der Waals surface area contributed by atoms with Gasteiger partial charge in [0.25, 0.3) is 0 Å². The van der Waals surface area contributed by atoms with E-state index in [4.69, 9.17) is 0 Å². The minimum absolute atomic E-state index is 0.141. The van der Waals surface area contributed by atoms with E-state index in [9.17, 15) is 0 Å². The third kappa shape index (κ3) is 5.48. The third-order valence-electron chi connectivity index (χ3n) is 14.5. The van der Waals surface area contributed by atoms with Crippen molar-refractivity contribution in [3.05, 3.63) is 162 Å². The molecule has 0 aromatic heterocycles. The molecule has 1 heteroatoms. The molecule has 0 spiro atoms. The Labute approximate surface area is 327 Å². The molecule has 3 unspecified atom stereocenters. The van der Waals surface area contributed by atoms with Crippen LogP contribution in [-0.2, 0) is 5.41 Å². The molecular weight excluding hydrogens is 663 g/mol. The predicted molar refractivity (Wildman–Crippen MR) is 233 cm³/mol. The number of hydrogen-bond acceptors (Lipinski definition) is 1. The Morgan fingerprint density at radius 1 is 0.527 bits per heavy atom. The predicted octanol–water partition coefficient (Wildman–Crippen LogP) is 15.4. The van der Waals surface area contributed by atoms with E-state index in [1.807, 2.05) is 0 Å². The van der Waals surface area contributed by atoms with Crippen LogP contribution in [0.15, 0.2) is 140 Å². The first-order valence-electron chi connectivity index (χ1n) is 21.2. The molecule has 0 saturated heterocycles. The Bertz CT molecular complexity index is 2580. The molecule has 11 rings (SSSR count). The highest BCUT2D eigenvalue weighted by atomic mass is 15.1. The number of hydrogen-bond donors (Lipinski definition) is 0. The number of nitrogens with zero attached hydrogens (tertiary/aromatic N) is 1. The van der Waals surface area contributed by atoms with Gasteiger partial charge in [-0.1, -0.05) is 137 Å². The fourth-order valence-electron chi connectivity index (χ4n) is 11.6. The molecule has 0 radical (unpaired) electrons. The van der Waals surface area contributed by atoms with Gasteiger partial charge in [-0.25, -0.2) is 0 Å². The molecule has 272 valence electrons. The summed E-state index contributed by atoms with van der Waals surface area (Å²) in [5.74, 6) is 3.22. The average molecular weight is 714 g/mol. The van der Waals surface area contributed by atoms with Crippen molar-refractivity contribution in [2.45, 2.75) is 88.9 Å². The van der Waals surface area contributed by atoms with Crippen LogP contribution in [0.2, 0.25) is 0 Å². The second-order valence-electron chi connectivity index (χ2n) is 17.9. The van der Waals surface area contributed by atoms with Gasteiger partial charge in [0, 0.05) is 22.2 Å². The second kappa shape index (κ2) is 13.0. The minimum Gasteiger partial charge on any atom is -0.310 e. The van der Waals surface area contributed by atoms with Crippen LogP contribution in [0.1, 0.15) is 106 Å². The summed E-state index contributed by atoms with van der Waals surface area (Å²) < 4.78 is 0. The van der Waals surface area contributed by atoms with Crippen molar-refractivity contribution in [2.24, 2.45) is 11.8 Å². The lowest BCUT2D eigenvalue weighted by molar-refractivity contribution is 0.420. The third-order valence-corrected chi connectivity index (χ3v) is 14.5. The van der Waals surface area contributed by atoms with Crippen molar-refractivity contribution in [3.8, 4) is 22.3 Å². The fourth-order valence-corrected chi connectivity index (χ4v) is 11.6. The molecule has 4 aliphatic carbocycles. The van der Waals surface area contributed by atoms with E-state index < -0.39 is 0 Å². The molecule has 7 aromatic rings. The quantitative estimate of drug-likeness (QED) is 0.166. The van der Waals surface area contributed by atoms with Gasteiger partial charge in [0.1, 0.15) is 0 Å². The standard InChI is InChI=1S/C54H51N/c1-54(2)50-16-9-15-46(43-23-20-37-12-6-7-13-40(37)32-43)53(50)47-29-28-45(34-51(47)54)55(44-26-24-39(25-27-44)48-31-35-18-19-42(48)30-35)52-17-8-14-38-21-22-41(33-49(38)52)36-10-4-3-5-11-36/h6-9,12-17,20-29,32-36,42,48H,3-5,10-11,18-19,30-31H2,1-2H3. The molecule has 1 nitrogen and oxygen atoms in total. The molecule has 7 aromatic carbocycles. The summed E-state index contributed by atoms with van der Waals surface area (Å²) in [6.07, 6.45) is 12.4. The molecule has 0 heterocycles. The first kappa shape index (κ1) is 33.2. The zero-order chi connectivity index (χ0) is 36.7. The molecule has 55 heavy (non-hydrogen) atoms. The first-order chi connectivity index (χ1) is 27.0. The lowest BCUT2D eigenvalue weighted by atomic mass is 9.81. The summed E-state index contributed by atoms with van der Waals surface area (Å²) in [5, 5.41) is 5.24. The molecule has 3 atom stereocenters. The molecule has 0 amide bonds. The van der Waals surface area contributed by atoms with E-state index in [0.29, 0.717) is 5.92 Å². The maximum Gasteiger partial charge on any atom is 0.0540 e. The smallest absolute Gasteiger partial charge is 0.0540 e. The zero-order valence-corrected chi connectivity index (χ0v) is 32.4. The average Bonchev–Trinajstić information content (AvgIpc) is 3.94. The van der Waals surface area contributed by atoms with Crippen LogP contribution in [0.3, 0.4) is 0 Å². The number of benzene rings is 7. The Morgan fingerprint density at radius 3 is 2.11 bits per heavy atom. The highest BCUT2D eigenvalue weighted by molar-refractivity contribution is 6.01. The maximum atomic E-state index is 2.57. The monoisotopic (exact) mass is 713 g/mol. The fraction of sp³-hybridized carbons (Fsp3) is 0.296. The molecule has 4 aliphatic rings. The van der Waals surface area contributed by atoms with Crippen molar-refractivity contribution >= 4 is 38.6 Å². The lowest BCUT2D eigenvalue weighted by Gasteiger charge is -2.30. The first-order valence-corrected chi connectivity index (χ1v) is 21.2. The van der Waals surface area contributed by atoms with Crippen LogP contribution in [0.4, 0.5) is 17.1 Å². The van der Waals surface area contributed by atoms with Gasteiger partial charge in [0.2, 0.25) is 0 Å². The lowest BCUT2D eigenvalue weighted by Crippen LogP contribution is -2.17. The molecule has 3 saturated carbocycles. The maximum absolute atomic E-state index is 2.57. The van der Waals surface area contributed by atoms with Gasteiger partial charge in [0.05, 0.1) is 5.69 Å². The Kier molecular flexibility index (Phi) is 7.84. The number of fused-ring (bicyclic) bond motifs is 7. The van der Waals surface area contributed by atoms with Crippen molar-refractivity contribution in [1.82, 2.24) is 0 Å². The van der Waals surface area contributed by atoms with Crippen LogP contribution < -0.4 is 4.90 Å². The van der Waals surface area contributed by atoms with E-state index in [1.165, 1.54) is 135 Å². The van der Waals surface area contributed by atoms with Gasteiger partial charge in [-0.15, -0.1) is 0 Å². The van der Waals surface area contributed by atoms with Crippen molar-refractivity contribution in [3.63, 3.8) is 0 Å². The van der Waals surface area contributed by atoms with Crippen molar-refractivity contribution < 1.29 is 0 Å². The van der Waals surface area contributed by atoms with Crippen LogP contribution >= 0.6 is 0 Å². The van der Waals surface area contributed by atoms with Crippen LogP contribution in [0.25, 0.3) is 43.8 Å². The van der Waals surface area contributed by atoms with Gasteiger partial charge < -0.3 is 4.90 Å². The van der Waals surface area contributed by atoms with Crippen LogP contribution in [-0.4, -0.2) is 0 Å². The van der Waals surface area contributed by atoms with Crippen molar-refractivity contribution in [1.29, 1.82) is 0 Å². The Hall–Kier alpha value is -5.14. The zero-order valence-electron chi connectivity index (χ0n) is 32.4. The summed E-state index contributed by atoms with van der Waals surface area (Å²) in [6, 6.07) is 54.0. The Balaban J connectivity index is 1.06. The van der Waals surface area contributed by atoms with Crippen LogP contribution in [0, 0.1) is 11.8 Å². The second-order valence-corrected chi connectivity index (χ2v) is 17.9. The van der Waals surface area contributed by atoms with E-state index in [1.54, 1.807) is 5.56 Å². The molecule has 0 N–H and O–H groups in total. The Morgan fingerprint density at radius 2 is 1.29 bits per heavy atom. The summed E-state index contributed by atoms with van der Waals surface area (Å²) in [4.78, 5) is 2.57. The van der Waals surface area contributed by atoms with Crippen LogP contribution in [0.5, 0.6) is 0 Å². The van der Waals surface area contributed by atoms with Gasteiger partial charge in [-0.05, 0) is 159 Å². The molecule has 0 aliphatic heterocycles. The summed E-state index contributed by atoms with van der Waals surface area (Å²) >= 11 is 0. The van der Waals surface area contributed by atoms with E-state index in [-0.39, 0.29) is 5.41 Å². The van der Waals surface area contributed by atoms with Gasteiger partial charge >= 0.3 is 0 Å². The summed E-state index contributed by atoms with van der Waals surface area (Å²) in [6.45, 7) is 4.85. The SMILES string of the molecule is CC1(C)c2cc(N(c3ccc(C4CC5CCC4C5)cc3)c3cccc4ccc(C5CCCCC5)cc34)ccc2-c2c(-c3ccc4ccccc4c3)cccc21. The topological polar surface area (TPSA) is 3.24 Å². The highest BCUT2D eigenvalue weighted by Crippen LogP contribution is 2.55. The largest absolute Gasteiger partial charge is 0.310 e. The van der Waals surface area contributed by atoms with Gasteiger partial charge in [-0.2, -0.15) is 0 Å². The molecular formula is C54H51N. The van der Waals surface area contributed by atoms with Crippen molar-refractivity contribution in [2.75, 3.05) is 4.90 Å². The van der Waals surface area contributed by atoms with E-state index in [2.05, 4.69) is 158 Å². The van der Waals surface area contributed by atoms with Gasteiger partial charge in [0.15, 0.2) is 0 Å². The number of rotatable bonds is 6.